The molecule has 0 radical (unpaired) electrons. The van der Waals surface area contributed by atoms with Crippen molar-refractivity contribution < 1.29 is 8.82 Å². The summed E-state index contributed by atoms with van der Waals surface area (Å²) < 4.78 is 16.1. The molecule has 0 aliphatic rings. The molecule has 0 unspecified atom stereocenters. The van der Waals surface area contributed by atoms with Crippen LogP contribution in [0.1, 0.15) is 13.3 Å². The zero-order chi connectivity index (χ0) is 5.70. The molecular weight excluding hydrogens is 111 g/mol. The van der Waals surface area contributed by atoms with Gasteiger partial charge in [-0.15, -0.1) is 0 Å². The van der Waals surface area contributed by atoms with Gasteiger partial charge in [0.25, 0.3) is 6.01 Å². The van der Waals surface area contributed by atoms with Crippen molar-refractivity contribution in [3.8, 4) is 0 Å². The Bertz CT molecular complexity index is 72.1. The van der Waals surface area contributed by atoms with Crippen LogP contribution in [0.4, 0.5) is 4.39 Å². The van der Waals surface area contributed by atoms with Crippen molar-refractivity contribution in [1.29, 1.82) is 0 Å². The van der Waals surface area contributed by atoms with E-state index in [0.29, 0.717) is 16.9 Å². The minimum absolute atomic E-state index is 0.436. The van der Waals surface area contributed by atoms with Crippen LogP contribution >= 0.6 is 0 Å². The van der Waals surface area contributed by atoms with E-state index in [1.54, 1.807) is 0 Å². The molecule has 0 heterocycles. The molecular formula is C4H9FOSi. The second-order valence-electron chi connectivity index (χ2n) is 1.12. The number of rotatable bonds is 2. The van der Waals surface area contributed by atoms with Gasteiger partial charge in [-0.1, -0.05) is 6.92 Å². The quantitative estimate of drug-likeness (QED) is 0.381. The third-order valence-electron chi connectivity index (χ3n) is 0.560. The summed E-state index contributed by atoms with van der Waals surface area (Å²) in [6, 6.07) is -0.436. The fourth-order valence-corrected chi connectivity index (χ4v) is 0.410. The molecule has 0 amide bonds. The molecule has 1 nitrogen and oxygen atoms in total. The zero-order valence-corrected chi connectivity index (χ0v) is 6.57. The smallest absolute Gasteiger partial charge is 0.254 e. The standard InChI is InChI=1S/C4H9FOSi/c1-2-3-4(5)6-7/h3H,2H2,1,7H3. The van der Waals surface area contributed by atoms with Crippen LogP contribution in [0, 0.1) is 0 Å². The van der Waals surface area contributed by atoms with Crippen molar-refractivity contribution in [3.05, 3.63) is 12.1 Å². The number of hydrogen-bond acceptors (Lipinski definition) is 1. The Morgan fingerprint density at radius 3 is 2.71 bits per heavy atom. The van der Waals surface area contributed by atoms with Crippen molar-refractivity contribution in [2.45, 2.75) is 13.3 Å². The monoisotopic (exact) mass is 120 g/mol. The Balaban J connectivity index is 3.29. The van der Waals surface area contributed by atoms with Crippen LogP contribution in [-0.4, -0.2) is 10.5 Å². The molecule has 0 saturated carbocycles. The lowest BCUT2D eigenvalue weighted by molar-refractivity contribution is 0.323. The second-order valence-corrected chi connectivity index (χ2v) is 1.53. The Kier molecular flexibility index (Phi) is 3.69. The molecule has 0 aliphatic heterocycles. The summed E-state index contributed by atoms with van der Waals surface area (Å²) in [7, 11) is 0.444. The first-order chi connectivity index (χ1) is 3.31. The average molecular weight is 120 g/mol. The summed E-state index contributed by atoms with van der Waals surface area (Å²) in [5.41, 5.74) is 0. The maximum absolute atomic E-state index is 11.8. The molecule has 0 aromatic carbocycles. The lowest BCUT2D eigenvalue weighted by Gasteiger charge is -1.90. The molecule has 0 saturated heterocycles. The van der Waals surface area contributed by atoms with Crippen LogP contribution in [0.15, 0.2) is 12.1 Å². The van der Waals surface area contributed by atoms with E-state index < -0.39 is 6.01 Å². The van der Waals surface area contributed by atoms with E-state index in [-0.39, 0.29) is 0 Å². The first-order valence-corrected chi connectivity index (χ1v) is 3.02. The fraction of sp³-hybridized carbons (Fsp3) is 0.500. The summed E-state index contributed by atoms with van der Waals surface area (Å²) in [6.45, 7) is 1.86. The Labute approximate surface area is 45.7 Å². The van der Waals surface area contributed by atoms with E-state index in [2.05, 4.69) is 4.43 Å². The van der Waals surface area contributed by atoms with Crippen LogP contribution in [0.25, 0.3) is 0 Å². The molecule has 0 atom stereocenters. The summed E-state index contributed by atoms with van der Waals surface area (Å²) in [6.07, 6.45) is 2.11. The van der Waals surface area contributed by atoms with Gasteiger partial charge in [-0.2, -0.15) is 4.39 Å². The van der Waals surface area contributed by atoms with Crippen molar-refractivity contribution >= 4 is 10.5 Å². The third kappa shape index (κ3) is 3.52. The minimum atomic E-state index is -0.436. The number of halogens is 1. The Hall–Kier alpha value is -0.313. The summed E-state index contributed by atoms with van der Waals surface area (Å²) in [5, 5.41) is 0. The van der Waals surface area contributed by atoms with E-state index in [1.165, 1.54) is 6.08 Å². The van der Waals surface area contributed by atoms with Gasteiger partial charge in [0, 0.05) is 0 Å². The van der Waals surface area contributed by atoms with Crippen LogP contribution in [0.3, 0.4) is 0 Å². The van der Waals surface area contributed by atoms with E-state index >= 15 is 0 Å². The topological polar surface area (TPSA) is 9.23 Å². The van der Waals surface area contributed by atoms with Crippen LogP contribution in [-0.2, 0) is 4.43 Å². The molecule has 42 valence electrons. The summed E-state index contributed by atoms with van der Waals surface area (Å²) >= 11 is 0. The van der Waals surface area contributed by atoms with Gasteiger partial charge in [0.2, 0.25) is 10.5 Å². The lowest BCUT2D eigenvalue weighted by Crippen LogP contribution is -1.76. The second kappa shape index (κ2) is 3.86. The minimum Gasteiger partial charge on any atom is -0.534 e. The number of hydrogen-bond donors (Lipinski definition) is 0. The van der Waals surface area contributed by atoms with Crippen LogP contribution in [0.5, 0.6) is 0 Å². The molecule has 0 fully saturated rings. The van der Waals surface area contributed by atoms with E-state index in [9.17, 15) is 4.39 Å². The van der Waals surface area contributed by atoms with Gasteiger partial charge in [-0.3, -0.25) is 0 Å². The van der Waals surface area contributed by atoms with Gasteiger partial charge >= 0.3 is 0 Å². The number of allylic oxidation sites excluding steroid dienone is 1. The largest absolute Gasteiger partial charge is 0.534 e. The molecule has 0 spiro atoms. The first-order valence-electron chi connectivity index (χ1n) is 2.21. The van der Waals surface area contributed by atoms with Crippen molar-refractivity contribution in [3.63, 3.8) is 0 Å². The average Bonchev–Trinajstić information content (AvgIpc) is 1.68. The lowest BCUT2D eigenvalue weighted by atomic mass is 10.5. The summed E-state index contributed by atoms with van der Waals surface area (Å²) in [5.74, 6) is 0. The normalized spacial score (nSPS) is 12.0. The van der Waals surface area contributed by atoms with Gasteiger partial charge in [0.05, 0.1) is 0 Å². The highest BCUT2D eigenvalue weighted by Gasteiger charge is 1.81. The predicted molar refractivity (Wildman–Crippen MR) is 30.5 cm³/mol. The van der Waals surface area contributed by atoms with Crippen molar-refractivity contribution in [1.82, 2.24) is 0 Å². The zero-order valence-electron chi connectivity index (χ0n) is 4.57. The SMILES string of the molecule is CCC=C(F)O[SiH3]. The molecule has 0 aliphatic carbocycles. The van der Waals surface area contributed by atoms with Crippen LogP contribution in [0.2, 0.25) is 0 Å². The van der Waals surface area contributed by atoms with Crippen molar-refractivity contribution in [2.24, 2.45) is 0 Å². The van der Waals surface area contributed by atoms with Crippen LogP contribution < -0.4 is 0 Å². The maximum Gasteiger partial charge on any atom is 0.254 e. The molecule has 0 aromatic heterocycles. The van der Waals surface area contributed by atoms with Gasteiger partial charge in [-0.05, 0) is 12.5 Å². The first kappa shape index (κ1) is 6.69. The van der Waals surface area contributed by atoms with Gasteiger partial charge in [0.1, 0.15) is 0 Å². The van der Waals surface area contributed by atoms with E-state index in [1.807, 2.05) is 6.92 Å². The highest BCUT2D eigenvalue weighted by molar-refractivity contribution is 5.98. The van der Waals surface area contributed by atoms with Gasteiger partial charge in [0.15, 0.2) is 0 Å². The van der Waals surface area contributed by atoms with E-state index in [4.69, 9.17) is 0 Å². The van der Waals surface area contributed by atoms with Gasteiger partial charge in [-0.25, -0.2) is 0 Å². The molecule has 3 heteroatoms. The maximum atomic E-state index is 11.8. The highest BCUT2D eigenvalue weighted by atomic mass is 28.2. The van der Waals surface area contributed by atoms with Crippen molar-refractivity contribution in [2.75, 3.05) is 0 Å². The predicted octanol–water partition coefficient (Wildman–Crippen LogP) is 0.504. The van der Waals surface area contributed by atoms with Gasteiger partial charge < -0.3 is 4.43 Å². The molecule has 7 heavy (non-hydrogen) atoms. The Morgan fingerprint density at radius 1 is 2.00 bits per heavy atom. The molecule has 0 bridgehead atoms. The highest BCUT2D eigenvalue weighted by Crippen LogP contribution is 1.95. The molecule has 0 N–H and O–H groups in total. The fourth-order valence-electron chi connectivity index (χ4n) is 0.244. The van der Waals surface area contributed by atoms with E-state index in [0.717, 1.165) is 0 Å². The Morgan fingerprint density at radius 2 is 2.57 bits per heavy atom. The summed E-state index contributed by atoms with van der Waals surface area (Å²) in [4.78, 5) is 0. The molecule has 0 rings (SSSR count). The third-order valence-corrected chi connectivity index (χ3v) is 0.950. The molecule has 0 aromatic rings.